The number of carbonyl (C=O) groups excluding carboxylic acids is 2. The lowest BCUT2D eigenvalue weighted by Crippen LogP contribution is -2.67. The first-order chi connectivity index (χ1) is 15.6. The van der Waals surface area contributed by atoms with Gasteiger partial charge in [-0.05, 0) is 63.0 Å². The van der Waals surface area contributed by atoms with E-state index in [0.717, 1.165) is 31.3 Å². The first-order valence-electron chi connectivity index (χ1n) is 13.1. The van der Waals surface area contributed by atoms with E-state index < -0.39 is 17.2 Å². The molecule has 0 amide bonds. The van der Waals surface area contributed by atoms with Crippen LogP contribution in [0.25, 0.3) is 0 Å². The standard InChI is InChI=1S/C28H41FO4/c1-5-6-7-8-9-13-27-17-24(32)28(29)22(23(27)15-18(2)25(27)33-19(3)30)11-10-20-16-21(31)12-14-26(20,28)4/h12,14,16,18,22-25,32H,5-11,13,15,17H2,1-4H3/t18-,22-,23-,24-,25+,26-,27-,28-/m0/s1. The van der Waals surface area contributed by atoms with E-state index in [0.29, 0.717) is 19.3 Å². The molecule has 0 aromatic heterocycles. The van der Waals surface area contributed by atoms with Crippen LogP contribution >= 0.6 is 0 Å². The number of alkyl halides is 1. The zero-order valence-electron chi connectivity index (χ0n) is 20.7. The Kier molecular flexibility index (Phi) is 6.67. The number of hydrogen-bond donors (Lipinski definition) is 1. The summed E-state index contributed by atoms with van der Waals surface area (Å²) in [4.78, 5) is 24.1. The molecule has 3 saturated carbocycles. The molecule has 0 aromatic carbocycles. The van der Waals surface area contributed by atoms with Crippen LogP contribution in [0.5, 0.6) is 0 Å². The van der Waals surface area contributed by atoms with Gasteiger partial charge in [-0.3, -0.25) is 9.59 Å². The van der Waals surface area contributed by atoms with Crippen LogP contribution in [0.2, 0.25) is 0 Å². The number of halogens is 1. The second-order valence-corrected chi connectivity index (χ2v) is 11.5. The summed E-state index contributed by atoms with van der Waals surface area (Å²) in [5.74, 6) is -0.516. The van der Waals surface area contributed by atoms with Gasteiger partial charge in [0.05, 0.1) is 6.10 Å². The van der Waals surface area contributed by atoms with E-state index in [1.807, 2.05) is 6.92 Å². The summed E-state index contributed by atoms with van der Waals surface area (Å²) in [7, 11) is 0. The molecular formula is C28H41FO4. The van der Waals surface area contributed by atoms with Crippen molar-refractivity contribution in [1.82, 2.24) is 0 Å². The van der Waals surface area contributed by atoms with Crippen LogP contribution in [-0.2, 0) is 14.3 Å². The molecule has 4 rings (SSSR count). The molecule has 33 heavy (non-hydrogen) atoms. The minimum absolute atomic E-state index is 0.0563. The van der Waals surface area contributed by atoms with Gasteiger partial charge in [0.25, 0.3) is 0 Å². The number of ketones is 1. The topological polar surface area (TPSA) is 63.6 Å². The van der Waals surface area contributed by atoms with Crippen molar-refractivity contribution in [2.75, 3.05) is 0 Å². The highest BCUT2D eigenvalue weighted by atomic mass is 19.1. The number of esters is 1. The third-order valence-electron chi connectivity index (χ3n) is 9.66. The van der Waals surface area contributed by atoms with E-state index in [-0.39, 0.29) is 41.0 Å². The van der Waals surface area contributed by atoms with Gasteiger partial charge in [-0.15, -0.1) is 0 Å². The molecule has 0 unspecified atom stereocenters. The number of carbonyl (C=O) groups is 2. The highest BCUT2D eigenvalue weighted by molar-refractivity contribution is 6.01. The summed E-state index contributed by atoms with van der Waals surface area (Å²) in [6, 6.07) is 0. The molecule has 5 heteroatoms. The zero-order chi connectivity index (χ0) is 24.0. The summed E-state index contributed by atoms with van der Waals surface area (Å²) in [5, 5.41) is 11.6. The van der Waals surface area contributed by atoms with Crippen molar-refractivity contribution in [2.45, 2.75) is 110 Å². The van der Waals surface area contributed by atoms with Gasteiger partial charge in [0.15, 0.2) is 11.5 Å². The average Bonchev–Trinajstić information content (AvgIpc) is 3.01. The number of hydrogen-bond acceptors (Lipinski definition) is 4. The maximum absolute atomic E-state index is 17.3. The van der Waals surface area contributed by atoms with Crippen LogP contribution in [0.3, 0.4) is 0 Å². The normalized spacial score (nSPS) is 44.0. The van der Waals surface area contributed by atoms with Gasteiger partial charge < -0.3 is 9.84 Å². The van der Waals surface area contributed by atoms with E-state index >= 15 is 4.39 Å². The van der Waals surface area contributed by atoms with E-state index in [4.69, 9.17) is 4.74 Å². The molecule has 184 valence electrons. The predicted molar refractivity (Wildman–Crippen MR) is 126 cm³/mol. The summed E-state index contributed by atoms with van der Waals surface area (Å²) in [6.07, 6.45) is 12.3. The number of aliphatic hydroxyl groups is 1. The maximum atomic E-state index is 17.3. The molecule has 3 fully saturated rings. The first-order valence-corrected chi connectivity index (χ1v) is 13.1. The van der Waals surface area contributed by atoms with Gasteiger partial charge in [-0.2, -0.15) is 0 Å². The summed E-state index contributed by atoms with van der Waals surface area (Å²) in [5.41, 5.74) is -2.38. The third kappa shape index (κ3) is 3.73. The smallest absolute Gasteiger partial charge is 0.302 e. The minimum Gasteiger partial charge on any atom is -0.462 e. The van der Waals surface area contributed by atoms with Gasteiger partial charge in [-0.25, -0.2) is 4.39 Å². The van der Waals surface area contributed by atoms with Crippen molar-refractivity contribution in [3.8, 4) is 0 Å². The molecule has 1 N–H and O–H groups in total. The highest BCUT2D eigenvalue weighted by Crippen LogP contribution is 2.70. The Labute approximate surface area is 198 Å². The van der Waals surface area contributed by atoms with Gasteiger partial charge >= 0.3 is 5.97 Å². The molecule has 4 aliphatic carbocycles. The van der Waals surface area contributed by atoms with Gasteiger partial charge in [0.2, 0.25) is 0 Å². The number of ether oxygens (including phenoxy) is 1. The molecule has 4 aliphatic rings. The van der Waals surface area contributed by atoms with Gasteiger partial charge in [0, 0.05) is 23.7 Å². The van der Waals surface area contributed by atoms with E-state index in [2.05, 4.69) is 13.8 Å². The van der Waals surface area contributed by atoms with E-state index in [1.165, 1.54) is 32.3 Å². The van der Waals surface area contributed by atoms with Crippen molar-refractivity contribution < 1.29 is 23.8 Å². The number of fused-ring (bicyclic) bond motifs is 5. The van der Waals surface area contributed by atoms with Gasteiger partial charge in [0.1, 0.15) is 6.10 Å². The molecule has 4 nitrogen and oxygen atoms in total. The zero-order valence-corrected chi connectivity index (χ0v) is 20.7. The predicted octanol–water partition coefficient (Wildman–Crippen LogP) is 5.88. The summed E-state index contributed by atoms with van der Waals surface area (Å²) < 4.78 is 23.2. The Hall–Kier alpha value is -1.49. The second kappa shape index (κ2) is 8.94. The first kappa shape index (κ1) is 24.6. The van der Waals surface area contributed by atoms with Crippen LogP contribution < -0.4 is 0 Å². The van der Waals surface area contributed by atoms with Crippen molar-refractivity contribution in [1.29, 1.82) is 0 Å². The van der Waals surface area contributed by atoms with Crippen LogP contribution in [-0.4, -0.2) is 34.7 Å². The molecular weight excluding hydrogens is 419 g/mol. The molecule has 0 aromatic rings. The van der Waals surface area contributed by atoms with Crippen molar-refractivity contribution >= 4 is 11.8 Å². The number of aliphatic hydroxyl groups excluding tert-OH is 1. The third-order valence-corrected chi connectivity index (χ3v) is 9.66. The Balaban J connectivity index is 1.71. The fraction of sp³-hybridized carbons (Fsp3) is 0.786. The number of allylic oxidation sites excluding steroid dienone is 4. The Morgan fingerprint density at radius 2 is 1.97 bits per heavy atom. The Morgan fingerprint density at radius 1 is 1.24 bits per heavy atom. The quantitative estimate of drug-likeness (QED) is 0.381. The molecule has 0 spiro atoms. The SMILES string of the molecule is CCCCCCC[C@]12C[C@H](O)[C@@]3(F)[C@@H](CCC4=CC(=O)C=C[C@@]43C)[C@@H]1C[C@H](C)[C@H]2OC(C)=O. The molecule has 0 heterocycles. The number of unbranched alkanes of at least 4 members (excludes halogenated alkanes) is 4. The monoisotopic (exact) mass is 460 g/mol. The van der Waals surface area contributed by atoms with E-state index in [9.17, 15) is 14.7 Å². The molecule has 0 radical (unpaired) electrons. The van der Waals surface area contributed by atoms with Crippen LogP contribution in [0.1, 0.15) is 91.9 Å². The Morgan fingerprint density at radius 3 is 2.67 bits per heavy atom. The fourth-order valence-corrected chi connectivity index (χ4v) is 8.20. The average molecular weight is 461 g/mol. The lowest BCUT2D eigenvalue weighted by atomic mass is 9.45. The lowest BCUT2D eigenvalue weighted by Gasteiger charge is -2.62. The largest absolute Gasteiger partial charge is 0.462 e. The molecule has 8 atom stereocenters. The summed E-state index contributed by atoms with van der Waals surface area (Å²) >= 11 is 0. The van der Waals surface area contributed by atoms with Crippen molar-refractivity contribution in [3.63, 3.8) is 0 Å². The maximum Gasteiger partial charge on any atom is 0.302 e. The highest BCUT2D eigenvalue weighted by Gasteiger charge is 2.72. The van der Waals surface area contributed by atoms with Crippen LogP contribution in [0.15, 0.2) is 23.8 Å². The molecule has 0 saturated heterocycles. The van der Waals surface area contributed by atoms with Crippen molar-refractivity contribution in [2.24, 2.45) is 28.6 Å². The molecule has 0 bridgehead atoms. The fourth-order valence-electron chi connectivity index (χ4n) is 8.20. The van der Waals surface area contributed by atoms with E-state index in [1.54, 1.807) is 12.2 Å². The minimum atomic E-state index is -1.82. The van der Waals surface area contributed by atoms with Crippen molar-refractivity contribution in [3.05, 3.63) is 23.8 Å². The molecule has 0 aliphatic heterocycles. The summed E-state index contributed by atoms with van der Waals surface area (Å²) in [6.45, 7) is 7.63. The van der Waals surface area contributed by atoms with Crippen LogP contribution in [0, 0.1) is 28.6 Å². The Bertz CT molecular complexity index is 849. The lowest BCUT2D eigenvalue weighted by molar-refractivity contribution is -0.212. The van der Waals surface area contributed by atoms with Gasteiger partial charge in [-0.1, -0.05) is 57.6 Å². The number of rotatable bonds is 7. The second-order valence-electron chi connectivity index (χ2n) is 11.5. The van der Waals surface area contributed by atoms with Crippen LogP contribution in [0.4, 0.5) is 4.39 Å².